The fraction of sp³-hybridized carbons (Fsp3) is 0.407. The number of carbonyl (C=O) groups is 2. The standard InChI is InChI=1S/C27H34N2O5S/c1-6-19(2)29(27(31)25-8-7-15-35-25)18-26(30)28(17-22-11-9-20(3)34-22)14-13-21-10-12-23(32-4)24(16-21)33-5/h7-12,15-16,19H,6,13-14,17-18H2,1-5H3/t19-/m1/s1. The fourth-order valence-corrected chi connectivity index (χ4v) is 4.46. The van der Waals surface area contributed by atoms with Gasteiger partial charge in [-0.3, -0.25) is 9.59 Å². The summed E-state index contributed by atoms with van der Waals surface area (Å²) < 4.78 is 16.5. The van der Waals surface area contributed by atoms with Crippen LogP contribution in [0, 0.1) is 6.92 Å². The highest BCUT2D eigenvalue weighted by Crippen LogP contribution is 2.28. The summed E-state index contributed by atoms with van der Waals surface area (Å²) in [7, 11) is 3.20. The van der Waals surface area contributed by atoms with E-state index in [1.807, 2.05) is 62.5 Å². The van der Waals surface area contributed by atoms with Crippen LogP contribution in [0.5, 0.6) is 11.5 Å². The van der Waals surface area contributed by atoms with E-state index in [2.05, 4.69) is 0 Å². The minimum atomic E-state index is -0.121. The van der Waals surface area contributed by atoms with Crippen LogP contribution in [0.4, 0.5) is 0 Å². The van der Waals surface area contributed by atoms with Gasteiger partial charge in [-0.1, -0.05) is 19.1 Å². The number of amides is 2. The Hall–Kier alpha value is -3.26. The zero-order valence-electron chi connectivity index (χ0n) is 21.1. The van der Waals surface area contributed by atoms with Crippen LogP contribution in [0.3, 0.4) is 0 Å². The Balaban J connectivity index is 1.79. The van der Waals surface area contributed by atoms with Crippen molar-refractivity contribution in [1.82, 2.24) is 9.80 Å². The molecule has 8 heteroatoms. The van der Waals surface area contributed by atoms with Gasteiger partial charge in [0.1, 0.15) is 18.1 Å². The van der Waals surface area contributed by atoms with Crippen LogP contribution in [0.15, 0.2) is 52.3 Å². The van der Waals surface area contributed by atoms with Crippen molar-refractivity contribution in [2.45, 2.75) is 46.2 Å². The second-order valence-corrected chi connectivity index (χ2v) is 9.38. The number of hydrogen-bond acceptors (Lipinski definition) is 6. The summed E-state index contributed by atoms with van der Waals surface area (Å²) in [5.41, 5.74) is 1.02. The molecule has 0 spiro atoms. The molecule has 188 valence electrons. The minimum Gasteiger partial charge on any atom is -0.493 e. The first-order chi connectivity index (χ1) is 16.9. The van der Waals surface area contributed by atoms with Crippen molar-refractivity contribution >= 4 is 23.2 Å². The number of benzene rings is 1. The Kier molecular flexibility index (Phi) is 9.37. The average Bonchev–Trinajstić information content (AvgIpc) is 3.55. The van der Waals surface area contributed by atoms with Gasteiger partial charge in [0.25, 0.3) is 5.91 Å². The number of furan rings is 1. The van der Waals surface area contributed by atoms with Crippen molar-refractivity contribution in [3.63, 3.8) is 0 Å². The number of ether oxygens (including phenoxy) is 2. The molecule has 1 atom stereocenters. The Morgan fingerprint density at radius 1 is 1.09 bits per heavy atom. The predicted molar refractivity (Wildman–Crippen MR) is 137 cm³/mol. The van der Waals surface area contributed by atoms with Crippen molar-refractivity contribution in [1.29, 1.82) is 0 Å². The summed E-state index contributed by atoms with van der Waals surface area (Å²) in [6.07, 6.45) is 1.38. The molecule has 35 heavy (non-hydrogen) atoms. The lowest BCUT2D eigenvalue weighted by Crippen LogP contribution is -2.46. The first-order valence-electron chi connectivity index (χ1n) is 11.7. The summed E-state index contributed by atoms with van der Waals surface area (Å²) in [5, 5.41) is 1.87. The summed E-state index contributed by atoms with van der Waals surface area (Å²) in [4.78, 5) is 30.8. The molecule has 0 saturated heterocycles. The lowest BCUT2D eigenvalue weighted by Gasteiger charge is -2.31. The molecule has 0 fully saturated rings. The van der Waals surface area contributed by atoms with E-state index >= 15 is 0 Å². The molecule has 0 saturated carbocycles. The number of methoxy groups -OCH3 is 2. The highest BCUT2D eigenvalue weighted by atomic mass is 32.1. The zero-order chi connectivity index (χ0) is 25.4. The first kappa shape index (κ1) is 26.3. The Labute approximate surface area is 211 Å². The van der Waals surface area contributed by atoms with E-state index in [0.717, 1.165) is 17.7 Å². The number of nitrogens with zero attached hydrogens (tertiary/aromatic N) is 2. The van der Waals surface area contributed by atoms with Gasteiger partial charge >= 0.3 is 0 Å². The maximum Gasteiger partial charge on any atom is 0.264 e. The second-order valence-electron chi connectivity index (χ2n) is 8.43. The summed E-state index contributed by atoms with van der Waals surface area (Å²) >= 11 is 1.39. The lowest BCUT2D eigenvalue weighted by atomic mass is 10.1. The van der Waals surface area contributed by atoms with Gasteiger partial charge in [-0.2, -0.15) is 0 Å². The van der Waals surface area contributed by atoms with Crippen molar-refractivity contribution in [2.75, 3.05) is 27.3 Å². The highest BCUT2D eigenvalue weighted by Gasteiger charge is 2.26. The molecule has 3 rings (SSSR count). The van der Waals surface area contributed by atoms with Gasteiger partial charge in [0.15, 0.2) is 11.5 Å². The Morgan fingerprint density at radius 2 is 1.86 bits per heavy atom. The number of carbonyl (C=O) groups excluding carboxylic acids is 2. The molecule has 0 bridgehead atoms. The van der Waals surface area contributed by atoms with Gasteiger partial charge in [0.05, 0.1) is 25.6 Å². The highest BCUT2D eigenvalue weighted by molar-refractivity contribution is 7.12. The van der Waals surface area contributed by atoms with Crippen LogP contribution in [0.25, 0.3) is 0 Å². The van der Waals surface area contributed by atoms with Crippen LogP contribution in [0.1, 0.15) is 47.0 Å². The van der Waals surface area contributed by atoms with Crippen molar-refractivity contribution < 1.29 is 23.5 Å². The molecule has 0 aliphatic carbocycles. The molecule has 0 radical (unpaired) electrons. The average molecular weight is 499 g/mol. The summed E-state index contributed by atoms with van der Waals surface area (Å²) in [6, 6.07) is 13.1. The number of hydrogen-bond donors (Lipinski definition) is 0. The number of aryl methyl sites for hydroxylation is 1. The minimum absolute atomic E-state index is 0.0113. The molecule has 7 nitrogen and oxygen atoms in total. The van der Waals surface area contributed by atoms with E-state index in [1.54, 1.807) is 30.1 Å². The summed E-state index contributed by atoms with van der Waals surface area (Å²) in [6.45, 7) is 6.69. The monoisotopic (exact) mass is 498 g/mol. The van der Waals surface area contributed by atoms with E-state index in [0.29, 0.717) is 41.6 Å². The van der Waals surface area contributed by atoms with Crippen molar-refractivity contribution in [3.05, 3.63) is 69.8 Å². The van der Waals surface area contributed by atoms with E-state index in [-0.39, 0.29) is 24.4 Å². The van der Waals surface area contributed by atoms with E-state index in [9.17, 15) is 9.59 Å². The molecular formula is C27H34N2O5S. The predicted octanol–water partition coefficient (Wildman–Crippen LogP) is 5.18. The molecule has 0 aliphatic rings. The third-order valence-corrected chi connectivity index (χ3v) is 6.89. The molecule has 3 aromatic rings. The summed E-state index contributed by atoms with van der Waals surface area (Å²) in [5.74, 6) is 2.57. The SMILES string of the molecule is CC[C@@H](C)N(CC(=O)N(CCc1ccc(OC)c(OC)c1)Cc1ccc(C)o1)C(=O)c1cccs1. The Morgan fingerprint density at radius 3 is 2.46 bits per heavy atom. The van der Waals surface area contributed by atoms with Crippen LogP contribution >= 0.6 is 11.3 Å². The largest absolute Gasteiger partial charge is 0.493 e. The smallest absolute Gasteiger partial charge is 0.264 e. The maximum absolute atomic E-state index is 13.6. The molecule has 1 aromatic carbocycles. The molecule has 0 unspecified atom stereocenters. The molecule has 2 aromatic heterocycles. The third-order valence-electron chi connectivity index (χ3n) is 6.04. The van der Waals surface area contributed by atoms with Gasteiger partial charge in [0, 0.05) is 12.6 Å². The topological polar surface area (TPSA) is 72.2 Å². The number of rotatable bonds is 12. The second kappa shape index (κ2) is 12.4. The zero-order valence-corrected chi connectivity index (χ0v) is 21.9. The molecule has 2 amide bonds. The van der Waals surface area contributed by atoms with E-state index in [1.165, 1.54) is 11.3 Å². The molecular weight excluding hydrogens is 464 g/mol. The molecule has 0 N–H and O–H groups in total. The van der Waals surface area contributed by atoms with Gasteiger partial charge < -0.3 is 23.7 Å². The Bertz CT molecular complexity index is 1110. The number of thiophene rings is 1. The van der Waals surface area contributed by atoms with Crippen LogP contribution in [-0.2, 0) is 17.8 Å². The quantitative estimate of drug-likeness (QED) is 0.344. The van der Waals surface area contributed by atoms with Crippen LogP contribution < -0.4 is 9.47 Å². The van der Waals surface area contributed by atoms with E-state index in [4.69, 9.17) is 13.9 Å². The maximum atomic E-state index is 13.6. The van der Waals surface area contributed by atoms with Crippen molar-refractivity contribution in [3.8, 4) is 11.5 Å². The third kappa shape index (κ3) is 6.88. The van der Waals surface area contributed by atoms with E-state index < -0.39 is 0 Å². The molecule has 0 aliphatic heterocycles. The van der Waals surface area contributed by atoms with Crippen LogP contribution in [-0.4, -0.2) is 55.0 Å². The normalized spacial score (nSPS) is 11.7. The van der Waals surface area contributed by atoms with Gasteiger partial charge in [-0.05, 0) is 68.0 Å². The fourth-order valence-electron chi connectivity index (χ4n) is 3.79. The van der Waals surface area contributed by atoms with Crippen LogP contribution in [0.2, 0.25) is 0 Å². The first-order valence-corrected chi connectivity index (χ1v) is 12.6. The van der Waals surface area contributed by atoms with Crippen molar-refractivity contribution in [2.24, 2.45) is 0 Å². The molecule has 2 heterocycles. The van der Waals surface area contributed by atoms with Gasteiger partial charge in [-0.15, -0.1) is 11.3 Å². The van der Waals surface area contributed by atoms with Gasteiger partial charge in [-0.25, -0.2) is 0 Å². The lowest BCUT2D eigenvalue weighted by molar-refractivity contribution is -0.133. The van der Waals surface area contributed by atoms with Gasteiger partial charge in [0.2, 0.25) is 5.91 Å².